The van der Waals surface area contributed by atoms with Crippen LogP contribution in [0.1, 0.15) is 55.5 Å². The molecule has 3 aromatic carbocycles. The number of aliphatic carboxylic acids is 1. The normalized spacial score (nSPS) is 14.1. The Morgan fingerprint density at radius 3 is 1.45 bits per heavy atom. The maximum Gasteiger partial charge on any atom is 0.305 e. The van der Waals surface area contributed by atoms with Crippen LogP contribution in [0, 0.1) is 5.92 Å². The lowest BCUT2D eigenvalue weighted by atomic mass is 10.00. The van der Waals surface area contributed by atoms with Gasteiger partial charge in [-0.1, -0.05) is 86.6 Å². The van der Waals surface area contributed by atoms with Crippen LogP contribution in [-0.2, 0) is 64.0 Å². The van der Waals surface area contributed by atoms with Crippen molar-refractivity contribution in [2.75, 3.05) is 12.0 Å². The van der Waals surface area contributed by atoms with Crippen LogP contribution >= 0.6 is 11.8 Å². The summed E-state index contributed by atoms with van der Waals surface area (Å²) in [4.78, 5) is 115. The highest BCUT2D eigenvalue weighted by molar-refractivity contribution is 7.98. The van der Waals surface area contributed by atoms with Gasteiger partial charge in [-0.25, -0.2) is 4.98 Å². The zero-order valence-corrected chi connectivity index (χ0v) is 39.5. The molecule has 0 aliphatic heterocycles. The fourth-order valence-corrected chi connectivity index (χ4v) is 7.64. The molecule has 20 nitrogen and oxygen atoms in total. The van der Waals surface area contributed by atoms with Crippen molar-refractivity contribution < 1.29 is 48.6 Å². The Bertz CT molecular complexity index is 2320. The van der Waals surface area contributed by atoms with Crippen molar-refractivity contribution in [3.8, 4) is 5.75 Å². The number of aromatic amines is 1. The summed E-state index contributed by atoms with van der Waals surface area (Å²) in [5.74, 6) is -6.45. The quantitative estimate of drug-likeness (QED) is 0.0367. The summed E-state index contributed by atoms with van der Waals surface area (Å²) in [7, 11) is 0. The number of carboxylic acid groups (broad SMARTS) is 1. The number of benzene rings is 3. The van der Waals surface area contributed by atoms with Gasteiger partial charge >= 0.3 is 5.97 Å². The highest BCUT2D eigenvalue weighted by Gasteiger charge is 2.35. The Morgan fingerprint density at radius 1 is 0.609 bits per heavy atom. The number of aromatic hydroxyl groups is 1. The fourth-order valence-electron chi connectivity index (χ4n) is 7.17. The predicted octanol–water partition coefficient (Wildman–Crippen LogP) is 0.381. The molecule has 0 radical (unpaired) electrons. The summed E-state index contributed by atoms with van der Waals surface area (Å²) in [6.07, 6.45) is 3.99. The fraction of sp³-hybridized carbons (Fsp3) is 0.396. The molecule has 13 N–H and O–H groups in total. The number of carbonyl (C=O) groups excluding carboxylic acids is 7. The van der Waals surface area contributed by atoms with Gasteiger partial charge in [-0.15, -0.1) is 0 Å². The first kappa shape index (κ1) is 54.3. The Labute approximate surface area is 404 Å². The zero-order chi connectivity index (χ0) is 50.5. The van der Waals surface area contributed by atoms with E-state index in [1.807, 2.05) is 20.1 Å². The van der Waals surface area contributed by atoms with Gasteiger partial charge in [0.05, 0.1) is 18.8 Å². The van der Waals surface area contributed by atoms with Gasteiger partial charge in [-0.2, -0.15) is 11.8 Å². The number of amides is 7. The van der Waals surface area contributed by atoms with Gasteiger partial charge in [0.1, 0.15) is 42.0 Å². The molecule has 4 rings (SSSR count). The van der Waals surface area contributed by atoms with Crippen molar-refractivity contribution in [1.29, 1.82) is 0 Å². The van der Waals surface area contributed by atoms with E-state index in [1.54, 1.807) is 60.7 Å². The molecule has 7 amide bonds. The molecule has 370 valence electrons. The van der Waals surface area contributed by atoms with E-state index in [4.69, 9.17) is 11.5 Å². The second-order valence-electron chi connectivity index (χ2n) is 16.9. The summed E-state index contributed by atoms with van der Waals surface area (Å²) in [6.45, 7) is 3.70. The van der Waals surface area contributed by atoms with Crippen LogP contribution < -0.4 is 43.4 Å². The van der Waals surface area contributed by atoms with Gasteiger partial charge in [0.2, 0.25) is 41.4 Å². The summed E-state index contributed by atoms with van der Waals surface area (Å²) in [6, 6.07) is 14.1. The Hall–Kier alpha value is -7.26. The van der Waals surface area contributed by atoms with Crippen LogP contribution in [0.3, 0.4) is 0 Å². The van der Waals surface area contributed by atoms with Gasteiger partial charge in [0, 0.05) is 37.6 Å². The Kier molecular flexibility index (Phi) is 21.7. The topological polar surface area (TPSA) is 330 Å². The smallest absolute Gasteiger partial charge is 0.305 e. The SMILES string of the molecule is CSCCC(NC(=O)C(CC(C)C)NC(=O)C(Cc1cnc[nH]1)NC(=O)C(Cc1ccccc1)NC(=O)C(Cc1ccccc1)NC(=O)C(Cc1ccc(O)cc1)NC(=O)C(N)CC(=O)O)C(N)=O. The van der Waals surface area contributed by atoms with Crippen molar-refractivity contribution in [3.05, 3.63) is 120 Å². The molecule has 0 saturated carbocycles. The number of H-pyrrole nitrogens is 1. The molecule has 0 aliphatic rings. The third-order valence-corrected chi connectivity index (χ3v) is 11.4. The highest BCUT2D eigenvalue weighted by atomic mass is 32.2. The number of phenolic OH excluding ortho intramolecular Hbond substituents is 1. The molecule has 7 atom stereocenters. The number of hydrogen-bond acceptors (Lipinski definition) is 12. The lowest BCUT2D eigenvalue weighted by Crippen LogP contribution is -2.61. The van der Waals surface area contributed by atoms with Gasteiger partial charge < -0.3 is 58.6 Å². The van der Waals surface area contributed by atoms with Crippen LogP contribution in [0.25, 0.3) is 0 Å². The maximum atomic E-state index is 14.6. The second-order valence-corrected chi connectivity index (χ2v) is 17.9. The molecule has 1 heterocycles. The van der Waals surface area contributed by atoms with E-state index in [-0.39, 0.29) is 50.2 Å². The van der Waals surface area contributed by atoms with Crippen LogP contribution in [0.4, 0.5) is 0 Å². The Morgan fingerprint density at radius 2 is 1.03 bits per heavy atom. The number of nitrogens with two attached hydrogens (primary N) is 2. The van der Waals surface area contributed by atoms with Gasteiger partial charge in [0.15, 0.2) is 0 Å². The molecule has 0 aliphatic carbocycles. The van der Waals surface area contributed by atoms with Crippen molar-refractivity contribution in [2.24, 2.45) is 17.4 Å². The van der Waals surface area contributed by atoms with Crippen LogP contribution in [0.2, 0.25) is 0 Å². The number of nitrogens with zero attached hydrogens (tertiary/aromatic N) is 1. The minimum Gasteiger partial charge on any atom is -0.508 e. The number of hydrogen-bond donors (Lipinski definition) is 11. The number of imidazole rings is 1. The monoisotopic (exact) mass is 970 g/mol. The summed E-state index contributed by atoms with van der Waals surface area (Å²) in [5.41, 5.74) is 13.6. The van der Waals surface area contributed by atoms with Crippen LogP contribution in [0.15, 0.2) is 97.5 Å². The van der Waals surface area contributed by atoms with Crippen molar-refractivity contribution >= 4 is 59.1 Å². The first-order valence-corrected chi connectivity index (χ1v) is 23.7. The standard InChI is InChI=1S/C48H62N10O10S/c1-28(2)20-36(44(64)53-35(42(50)62)18-19-69-3)55-48(68)40(24-32-26-51-27-52-32)58-47(67)39(22-30-12-8-5-9-13-30)57-46(66)38(21-29-10-6-4-7-11-29)56-45(65)37(23-31-14-16-33(59)17-15-31)54-43(63)34(49)25-41(60)61/h4-17,26-28,34-40,59H,18-25,49H2,1-3H3,(H2,50,62)(H,51,52)(H,53,64)(H,54,63)(H,55,68)(H,56,65)(H,57,66)(H,58,67)(H,60,61). The highest BCUT2D eigenvalue weighted by Crippen LogP contribution is 2.14. The van der Waals surface area contributed by atoms with Crippen molar-refractivity contribution in [1.82, 2.24) is 41.9 Å². The average molecular weight is 971 g/mol. The largest absolute Gasteiger partial charge is 0.508 e. The number of carbonyl (C=O) groups is 8. The average Bonchev–Trinajstić information content (AvgIpc) is 3.83. The van der Waals surface area contributed by atoms with E-state index < -0.39 is 96.0 Å². The van der Waals surface area contributed by atoms with Crippen LogP contribution in [-0.4, -0.2) is 122 Å². The summed E-state index contributed by atoms with van der Waals surface area (Å²) in [5, 5.41) is 35.3. The van der Waals surface area contributed by atoms with E-state index in [2.05, 4.69) is 41.9 Å². The third kappa shape index (κ3) is 18.7. The van der Waals surface area contributed by atoms with E-state index in [9.17, 15) is 48.6 Å². The number of thioether (sulfide) groups is 1. The molecular formula is C48H62N10O10S. The molecule has 21 heteroatoms. The minimum atomic E-state index is -1.51. The molecule has 69 heavy (non-hydrogen) atoms. The summed E-state index contributed by atoms with van der Waals surface area (Å²) < 4.78 is 0. The van der Waals surface area contributed by atoms with Gasteiger partial charge in [-0.3, -0.25) is 38.4 Å². The van der Waals surface area contributed by atoms with Crippen molar-refractivity contribution in [2.45, 2.75) is 101 Å². The molecule has 1 aromatic heterocycles. The third-order valence-electron chi connectivity index (χ3n) is 10.8. The molecule has 4 aromatic rings. The van der Waals surface area contributed by atoms with Gasteiger partial charge in [-0.05, 0) is 59.6 Å². The first-order valence-electron chi connectivity index (χ1n) is 22.3. The van der Waals surface area contributed by atoms with Gasteiger partial charge in [0.25, 0.3) is 0 Å². The molecule has 0 bridgehead atoms. The number of phenols is 1. The molecular weight excluding hydrogens is 909 g/mol. The zero-order valence-electron chi connectivity index (χ0n) is 38.7. The summed E-state index contributed by atoms with van der Waals surface area (Å²) >= 11 is 1.47. The maximum absolute atomic E-state index is 14.6. The van der Waals surface area contributed by atoms with Crippen molar-refractivity contribution in [3.63, 3.8) is 0 Å². The first-order chi connectivity index (χ1) is 32.9. The number of nitrogens with one attached hydrogen (secondary N) is 7. The minimum absolute atomic E-state index is 0.0516. The van der Waals surface area contributed by atoms with Crippen LogP contribution in [0.5, 0.6) is 5.75 Å². The number of rotatable bonds is 28. The van der Waals surface area contributed by atoms with E-state index in [0.717, 1.165) is 0 Å². The lowest BCUT2D eigenvalue weighted by molar-refractivity contribution is -0.140. The lowest BCUT2D eigenvalue weighted by Gasteiger charge is -2.28. The van der Waals surface area contributed by atoms with E-state index in [0.29, 0.717) is 28.1 Å². The number of carboxylic acids is 1. The molecule has 7 unspecified atom stereocenters. The molecule has 0 saturated heterocycles. The van der Waals surface area contributed by atoms with E-state index in [1.165, 1.54) is 48.6 Å². The van der Waals surface area contributed by atoms with E-state index >= 15 is 0 Å². The number of aromatic nitrogens is 2. The molecule has 0 spiro atoms. The predicted molar refractivity (Wildman–Crippen MR) is 258 cm³/mol. The molecule has 0 fully saturated rings. The second kappa shape index (κ2) is 27.5. The Balaban J connectivity index is 1.66. The number of primary amides is 1.